The third-order valence-corrected chi connectivity index (χ3v) is 7.61. The van der Waals surface area contributed by atoms with Crippen LogP contribution in [0.1, 0.15) is 37.7 Å². The number of nitrogens with zero attached hydrogens (tertiary/aromatic N) is 1. The summed E-state index contributed by atoms with van der Waals surface area (Å²) in [4.78, 5) is 0.0197. The number of hydrogen-bond donors (Lipinski definition) is 0. The molecule has 2 saturated carbocycles. The summed E-state index contributed by atoms with van der Waals surface area (Å²) < 4.78 is 46.9. The van der Waals surface area contributed by atoms with Gasteiger partial charge in [0.1, 0.15) is 11.6 Å². The van der Waals surface area contributed by atoms with Crippen molar-refractivity contribution in [1.29, 1.82) is 0 Å². The Morgan fingerprint density at radius 2 is 1.79 bits per heavy atom. The molecule has 0 heterocycles. The van der Waals surface area contributed by atoms with Gasteiger partial charge in [-0.25, -0.2) is 12.8 Å². The van der Waals surface area contributed by atoms with Gasteiger partial charge in [-0.05, 0) is 67.5 Å². The van der Waals surface area contributed by atoms with Crippen LogP contribution in [0.2, 0.25) is 5.02 Å². The summed E-state index contributed by atoms with van der Waals surface area (Å²) in [5, 5.41) is -0.190. The Bertz CT molecular complexity index is 941. The molecular formula is C21H23ClFNO3S. The lowest BCUT2D eigenvalue weighted by Gasteiger charge is -2.25. The van der Waals surface area contributed by atoms with Crippen LogP contribution >= 0.6 is 11.6 Å². The van der Waals surface area contributed by atoms with Crippen LogP contribution < -0.4 is 4.74 Å². The number of rotatable bonds is 8. The highest BCUT2D eigenvalue weighted by Crippen LogP contribution is 2.34. The Balaban J connectivity index is 1.48. The molecule has 0 amide bonds. The van der Waals surface area contributed by atoms with Crippen molar-refractivity contribution in [3.05, 3.63) is 58.9 Å². The van der Waals surface area contributed by atoms with E-state index in [0.29, 0.717) is 5.92 Å². The first-order valence-corrected chi connectivity index (χ1v) is 11.4. The normalized spacial score (nSPS) is 17.5. The van der Waals surface area contributed by atoms with Gasteiger partial charge in [-0.1, -0.05) is 30.2 Å². The largest absolute Gasteiger partial charge is 0.493 e. The van der Waals surface area contributed by atoms with Gasteiger partial charge in [0.15, 0.2) is 0 Å². The molecule has 0 aliphatic heterocycles. The Hall–Kier alpha value is -1.63. The zero-order valence-corrected chi connectivity index (χ0v) is 17.1. The molecule has 2 aliphatic rings. The van der Waals surface area contributed by atoms with E-state index in [4.69, 9.17) is 16.3 Å². The van der Waals surface area contributed by atoms with E-state index >= 15 is 0 Å². The molecule has 7 heteroatoms. The fourth-order valence-electron chi connectivity index (χ4n) is 3.29. The second-order valence-electron chi connectivity index (χ2n) is 7.61. The first-order valence-electron chi connectivity index (χ1n) is 9.62. The summed E-state index contributed by atoms with van der Waals surface area (Å²) in [6.45, 7) is 1.01. The van der Waals surface area contributed by atoms with Crippen LogP contribution in [0.4, 0.5) is 4.39 Å². The molecule has 4 nitrogen and oxygen atoms in total. The molecular weight excluding hydrogens is 401 g/mol. The van der Waals surface area contributed by atoms with Crippen LogP contribution in [0.5, 0.6) is 5.75 Å². The highest BCUT2D eigenvalue weighted by Gasteiger charge is 2.38. The average molecular weight is 424 g/mol. The van der Waals surface area contributed by atoms with E-state index in [9.17, 15) is 12.8 Å². The van der Waals surface area contributed by atoms with Gasteiger partial charge in [-0.2, -0.15) is 4.31 Å². The fourth-order valence-corrected chi connectivity index (χ4v) is 5.24. The first-order chi connectivity index (χ1) is 13.4. The zero-order chi connectivity index (χ0) is 19.7. The van der Waals surface area contributed by atoms with Crippen molar-refractivity contribution >= 4 is 21.6 Å². The van der Waals surface area contributed by atoms with Crippen molar-refractivity contribution in [2.45, 2.75) is 49.6 Å². The summed E-state index contributed by atoms with van der Waals surface area (Å²) in [5.74, 6) is 0.843. The summed E-state index contributed by atoms with van der Waals surface area (Å²) in [6.07, 6.45) is 5.42. The molecule has 0 N–H and O–H groups in total. The highest BCUT2D eigenvalue weighted by atomic mass is 35.5. The summed E-state index contributed by atoms with van der Waals surface area (Å²) >= 11 is 5.79. The van der Waals surface area contributed by atoms with Gasteiger partial charge < -0.3 is 4.74 Å². The average Bonchev–Trinajstić information content (AvgIpc) is 3.46. The third-order valence-electron chi connectivity index (χ3n) is 5.42. The van der Waals surface area contributed by atoms with Crippen molar-refractivity contribution in [2.24, 2.45) is 5.92 Å². The molecule has 2 aromatic rings. The minimum absolute atomic E-state index is 0.0197. The van der Waals surface area contributed by atoms with E-state index in [0.717, 1.165) is 36.8 Å². The van der Waals surface area contributed by atoms with Crippen molar-refractivity contribution in [3.63, 3.8) is 0 Å². The monoisotopic (exact) mass is 423 g/mol. The number of ether oxygens (including phenoxy) is 1. The topological polar surface area (TPSA) is 46.6 Å². The lowest BCUT2D eigenvalue weighted by Crippen LogP contribution is -2.32. The molecule has 0 atom stereocenters. The van der Waals surface area contributed by atoms with Crippen LogP contribution in [0.25, 0.3) is 0 Å². The lowest BCUT2D eigenvalue weighted by atomic mass is 9.86. The van der Waals surface area contributed by atoms with Crippen LogP contribution in [0.15, 0.2) is 47.4 Å². The van der Waals surface area contributed by atoms with E-state index in [1.165, 1.54) is 35.7 Å². The highest BCUT2D eigenvalue weighted by molar-refractivity contribution is 7.89. The molecule has 0 radical (unpaired) electrons. The van der Waals surface area contributed by atoms with Gasteiger partial charge in [0.25, 0.3) is 0 Å². The van der Waals surface area contributed by atoms with Gasteiger partial charge in [0.2, 0.25) is 10.0 Å². The summed E-state index contributed by atoms with van der Waals surface area (Å²) in [6, 6.07) is 11.1. The number of hydrogen-bond acceptors (Lipinski definition) is 3. The van der Waals surface area contributed by atoms with Gasteiger partial charge in [-0.3, -0.25) is 0 Å². The van der Waals surface area contributed by atoms with Gasteiger partial charge in [0.05, 0.1) is 16.5 Å². The quantitative estimate of drug-likeness (QED) is 0.599. The number of benzene rings is 2. The lowest BCUT2D eigenvalue weighted by molar-refractivity contribution is 0.180. The Morgan fingerprint density at radius 3 is 2.36 bits per heavy atom. The molecule has 150 valence electrons. The van der Waals surface area contributed by atoms with Crippen LogP contribution in [-0.2, 0) is 16.6 Å². The number of halogens is 2. The third kappa shape index (κ3) is 4.34. The Labute approximate surface area is 170 Å². The maximum atomic E-state index is 13.4. The van der Waals surface area contributed by atoms with E-state index in [1.54, 1.807) is 0 Å². The van der Waals surface area contributed by atoms with E-state index in [-0.39, 0.29) is 22.5 Å². The van der Waals surface area contributed by atoms with Crippen LogP contribution in [-0.4, -0.2) is 25.4 Å². The molecule has 0 unspecified atom stereocenters. The predicted molar refractivity (Wildman–Crippen MR) is 106 cm³/mol. The van der Waals surface area contributed by atoms with Crippen LogP contribution in [0.3, 0.4) is 0 Å². The van der Waals surface area contributed by atoms with Gasteiger partial charge in [-0.15, -0.1) is 0 Å². The smallest absolute Gasteiger partial charge is 0.243 e. The van der Waals surface area contributed by atoms with Crippen molar-refractivity contribution in [3.8, 4) is 5.75 Å². The van der Waals surface area contributed by atoms with Gasteiger partial charge >= 0.3 is 0 Å². The maximum Gasteiger partial charge on any atom is 0.243 e. The van der Waals surface area contributed by atoms with Crippen molar-refractivity contribution in [1.82, 2.24) is 4.31 Å². The van der Waals surface area contributed by atoms with E-state index < -0.39 is 15.8 Å². The van der Waals surface area contributed by atoms with E-state index in [2.05, 4.69) is 0 Å². The van der Waals surface area contributed by atoms with E-state index in [1.807, 2.05) is 24.3 Å². The first kappa shape index (κ1) is 19.7. The Morgan fingerprint density at radius 1 is 1.07 bits per heavy atom. The maximum absolute atomic E-state index is 13.4. The van der Waals surface area contributed by atoms with Gasteiger partial charge in [0, 0.05) is 12.6 Å². The fraction of sp³-hybridized carbons (Fsp3) is 0.429. The predicted octanol–water partition coefficient (Wildman–Crippen LogP) is 5.01. The SMILES string of the molecule is O=S(=O)(c1ccc(F)c(Cl)c1)N(Cc1ccc(OCC2CCC2)cc1)C1CC1. The second kappa shape index (κ2) is 8.01. The number of sulfonamides is 1. The minimum atomic E-state index is -3.75. The minimum Gasteiger partial charge on any atom is -0.493 e. The summed E-state index contributed by atoms with van der Waals surface area (Å²) in [5.41, 5.74) is 0.889. The van der Waals surface area contributed by atoms with Crippen molar-refractivity contribution in [2.75, 3.05) is 6.61 Å². The molecule has 2 aliphatic carbocycles. The standard InChI is InChI=1S/C21H23ClFNO3S/c22-20-12-19(10-11-21(20)23)28(25,26)24(17-6-7-17)13-15-4-8-18(9-5-15)27-14-16-2-1-3-16/h4-5,8-12,16-17H,1-3,6-7,13-14H2. The molecule has 2 fully saturated rings. The molecule has 28 heavy (non-hydrogen) atoms. The zero-order valence-electron chi connectivity index (χ0n) is 15.5. The molecule has 4 rings (SSSR count). The van der Waals surface area contributed by atoms with Crippen molar-refractivity contribution < 1.29 is 17.5 Å². The molecule has 0 aromatic heterocycles. The molecule has 0 bridgehead atoms. The Kier molecular flexibility index (Phi) is 5.63. The summed E-state index contributed by atoms with van der Waals surface area (Å²) in [7, 11) is -3.75. The van der Waals surface area contributed by atoms with Crippen LogP contribution in [0, 0.1) is 11.7 Å². The second-order valence-corrected chi connectivity index (χ2v) is 9.91. The molecule has 2 aromatic carbocycles. The molecule has 0 saturated heterocycles. The molecule has 0 spiro atoms.